The molecule has 3 aromatic carbocycles. The van der Waals surface area contributed by atoms with Crippen molar-refractivity contribution in [2.45, 2.75) is 0 Å². The average Bonchev–Trinajstić information content (AvgIpc) is 2.73. The molecular weight excluding hydrogens is 322 g/mol. The van der Waals surface area contributed by atoms with Crippen LogP contribution in [0.2, 0.25) is 0 Å². The summed E-state index contributed by atoms with van der Waals surface area (Å²) in [6.45, 7) is 0. The molecule has 0 aliphatic heterocycles. The van der Waals surface area contributed by atoms with Crippen LogP contribution in [0.3, 0.4) is 0 Å². The molecule has 1 aromatic heterocycles. The Morgan fingerprint density at radius 3 is 2.23 bits per heavy atom. The summed E-state index contributed by atoms with van der Waals surface area (Å²) in [6.07, 6.45) is 0. The summed E-state index contributed by atoms with van der Waals surface area (Å²) in [5.74, 6) is 0.629. The molecule has 4 rings (SSSR count). The van der Waals surface area contributed by atoms with Crippen LogP contribution < -0.4 is 4.74 Å². The molecule has 26 heavy (non-hydrogen) atoms. The minimum Gasteiger partial charge on any atom is -0.497 e. The molecule has 0 radical (unpaired) electrons. The molecular formula is C23H17NO2. The second kappa shape index (κ2) is 6.81. The molecule has 0 unspecified atom stereocenters. The van der Waals surface area contributed by atoms with E-state index in [-0.39, 0.29) is 5.78 Å². The molecule has 0 atom stereocenters. The summed E-state index contributed by atoms with van der Waals surface area (Å²) in [6, 6.07) is 26.9. The van der Waals surface area contributed by atoms with Crippen LogP contribution in [0.4, 0.5) is 0 Å². The van der Waals surface area contributed by atoms with Gasteiger partial charge in [-0.15, -0.1) is 0 Å². The first-order valence-corrected chi connectivity index (χ1v) is 8.40. The minimum atomic E-state index is -0.0887. The van der Waals surface area contributed by atoms with Gasteiger partial charge in [0.25, 0.3) is 0 Å². The van der Waals surface area contributed by atoms with Crippen LogP contribution in [-0.4, -0.2) is 17.9 Å². The molecule has 3 heteroatoms. The number of hydrogen-bond acceptors (Lipinski definition) is 3. The molecule has 0 aliphatic carbocycles. The molecule has 0 bridgehead atoms. The Balaban J connectivity index is 1.97. The van der Waals surface area contributed by atoms with E-state index in [4.69, 9.17) is 9.72 Å². The third kappa shape index (κ3) is 2.95. The van der Waals surface area contributed by atoms with Crippen LogP contribution in [0, 0.1) is 0 Å². The number of hydrogen-bond donors (Lipinski definition) is 0. The zero-order valence-electron chi connectivity index (χ0n) is 14.3. The van der Waals surface area contributed by atoms with E-state index in [9.17, 15) is 4.79 Å². The second-order valence-electron chi connectivity index (χ2n) is 6.00. The lowest BCUT2D eigenvalue weighted by molar-refractivity contribution is 0.103. The summed E-state index contributed by atoms with van der Waals surface area (Å²) < 4.78 is 5.30. The lowest BCUT2D eigenvalue weighted by atomic mass is 9.96. The van der Waals surface area contributed by atoms with Gasteiger partial charge in [0.2, 0.25) is 5.78 Å². The van der Waals surface area contributed by atoms with Gasteiger partial charge in [-0.1, -0.05) is 60.7 Å². The van der Waals surface area contributed by atoms with Gasteiger partial charge in [0.15, 0.2) is 0 Å². The minimum absolute atomic E-state index is 0.0887. The van der Waals surface area contributed by atoms with Crippen molar-refractivity contribution in [3.8, 4) is 16.9 Å². The molecule has 0 spiro atoms. The fourth-order valence-electron chi connectivity index (χ4n) is 3.01. The maximum atomic E-state index is 13.1. The average molecular weight is 339 g/mol. The zero-order valence-corrected chi connectivity index (χ0v) is 14.3. The highest BCUT2D eigenvalue weighted by molar-refractivity contribution is 6.12. The highest BCUT2D eigenvalue weighted by Crippen LogP contribution is 2.29. The number of ketones is 1. The van der Waals surface area contributed by atoms with E-state index >= 15 is 0 Å². The molecule has 0 N–H and O–H groups in total. The van der Waals surface area contributed by atoms with E-state index < -0.39 is 0 Å². The normalized spacial score (nSPS) is 10.7. The van der Waals surface area contributed by atoms with Gasteiger partial charge in [0, 0.05) is 22.6 Å². The van der Waals surface area contributed by atoms with Crippen LogP contribution in [0.1, 0.15) is 16.1 Å². The lowest BCUT2D eigenvalue weighted by Gasteiger charge is -2.11. The number of pyridine rings is 1. The molecule has 0 saturated carbocycles. The molecule has 4 aromatic rings. The standard InChI is InChI=1S/C23H17NO2/c1-26-19-13-12-18-14-20(16-8-4-2-5-9-16)22(24-21(18)15-19)23(25)17-10-6-3-7-11-17/h2-15H,1H3. The van der Waals surface area contributed by atoms with Gasteiger partial charge in [-0.2, -0.15) is 0 Å². The molecule has 0 fully saturated rings. The second-order valence-corrected chi connectivity index (χ2v) is 6.00. The van der Waals surface area contributed by atoms with E-state index in [1.807, 2.05) is 84.9 Å². The SMILES string of the molecule is COc1ccc2cc(-c3ccccc3)c(C(=O)c3ccccc3)nc2c1. The van der Waals surface area contributed by atoms with Gasteiger partial charge >= 0.3 is 0 Å². The third-order valence-corrected chi connectivity index (χ3v) is 4.36. The topological polar surface area (TPSA) is 39.2 Å². The Morgan fingerprint density at radius 2 is 1.54 bits per heavy atom. The summed E-state index contributed by atoms with van der Waals surface area (Å²) in [5, 5.41) is 0.967. The summed E-state index contributed by atoms with van der Waals surface area (Å²) in [5.41, 5.74) is 3.61. The van der Waals surface area contributed by atoms with Crippen molar-refractivity contribution in [2.75, 3.05) is 7.11 Å². The fraction of sp³-hybridized carbons (Fsp3) is 0.0435. The van der Waals surface area contributed by atoms with Gasteiger partial charge in [-0.3, -0.25) is 4.79 Å². The molecule has 0 amide bonds. The van der Waals surface area contributed by atoms with Crippen molar-refractivity contribution in [2.24, 2.45) is 0 Å². The maximum absolute atomic E-state index is 13.1. The first-order chi connectivity index (χ1) is 12.8. The zero-order chi connectivity index (χ0) is 17.9. The molecule has 0 aliphatic rings. The van der Waals surface area contributed by atoms with Gasteiger partial charge in [0.1, 0.15) is 11.4 Å². The number of nitrogens with zero attached hydrogens (tertiary/aromatic N) is 1. The van der Waals surface area contributed by atoms with Gasteiger partial charge in [-0.25, -0.2) is 4.98 Å². The number of rotatable bonds is 4. The van der Waals surface area contributed by atoms with Crippen molar-refractivity contribution in [1.82, 2.24) is 4.98 Å². The number of methoxy groups -OCH3 is 1. The van der Waals surface area contributed by atoms with E-state index in [0.717, 1.165) is 27.8 Å². The quantitative estimate of drug-likeness (QED) is 0.483. The first-order valence-electron chi connectivity index (χ1n) is 8.40. The number of fused-ring (bicyclic) bond motifs is 1. The first kappa shape index (κ1) is 16.0. The van der Waals surface area contributed by atoms with Crippen LogP contribution in [0.5, 0.6) is 5.75 Å². The largest absolute Gasteiger partial charge is 0.497 e. The van der Waals surface area contributed by atoms with Crippen LogP contribution in [0.25, 0.3) is 22.0 Å². The highest BCUT2D eigenvalue weighted by Gasteiger charge is 2.18. The van der Waals surface area contributed by atoms with Crippen molar-refractivity contribution in [1.29, 1.82) is 0 Å². The number of aromatic nitrogens is 1. The number of ether oxygens (including phenoxy) is 1. The summed E-state index contributed by atoms with van der Waals surface area (Å²) in [4.78, 5) is 17.9. The Kier molecular flexibility index (Phi) is 4.20. The number of carbonyl (C=O) groups is 1. The summed E-state index contributed by atoms with van der Waals surface area (Å²) in [7, 11) is 1.62. The Morgan fingerprint density at radius 1 is 0.846 bits per heavy atom. The van der Waals surface area contributed by atoms with Crippen LogP contribution in [0.15, 0.2) is 84.9 Å². The van der Waals surface area contributed by atoms with Gasteiger partial charge in [-0.05, 0) is 23.8 Å². The van der Waals surface area contributed by atoms with E-state index in [1.165, 1.54) is 0 Å². The van der Waals surface area contributed by atoms with Gasteiger partial charge < -0.3 is 4.74 Å². The third-order valence-electron chi connectivity index (χ3n) is 4.36. The Labute approximate surface area is 151 Å². The van der Waals surface area contributed by atoms with Crippen molar-refractivity contribution >= 4 is 16.7 Å². The summed E-state index contributed by atoms with van der Waals surface area (Å²) >= 11 is 0. The fourth-order valence-corrected chi connectivity index (χ4v) is 3.01. The highest BCUT2D eigenvalue weighted by atomic mass is 16.5. The van der Waals surface area contributed by atoms with E-state index in [0.29, 0.717) is 11.3 Å². The predicted octanol–water partition coefficient (Wildman–Crippen LogP) is 5.14. The van der Waals surface area contributed by atoms with Crippen molar-refractivity contribution in [3.63, 3.8) is 0 Å². The van der Waals surface area contributed by atoms with Gasteiger partial charge in [0.05, 0.1) is 12.6 Å². The Hall–Kier alpha value is -3.46. The van der Waals surface area contributed by atoms with Crippen molar-refractivity contribution < 1.29 is 9.53 Å². The monoisotopic (exact) mass is 339 g/mol. The molecule has 1 heterocycles. The van der Waals surface area contributed by atoms with E-state index in [2.05, 4.69) is 0 Å². The van der Waals surface area contributed by atoms with E-state index in [1.54, 1.807) is 7.11 Å². The molecule has 0 saturated heterocycles. The van der Waals surface area contributed by atoms with Crippen LogP contribution >= 0.6 is 0 Å². The molecule has 3 nitrogen and oxygen atoms in total. The Bertz CT molecular complexity index is 1070. The molecule has 126 valence electrons. The van der Waals surface area contributed by atoms with Crippen molar-refractivity contribution in [3.05, 3.63) is 96.2 Å². The predicted molar refractivity (Wildman–Crippen MR) is 104 cm³/mol. The lowest BCUT2D eigenvalue weighted by Crippen LogP contribution is -2.07. The number of carbonyl (C=O) groups excluding carboxylic acids is 1. The van der Waals surface area contributed by atoms with Crippen LogP contribution in [-0.2, 0) is 0 Å². The smallest absolute Gasteiger partial charge is 0.212 e. The maximum Gasteiger partial charge on any atom is 0.212 e. The number of benzene rings is 3.